The molecule has 0 spiro atoms. The average Bonchev–Trinajstić information content (AvgIpc) is 2.13. The molecule has 0 fully saturated rings. The van der Waals surface area contributed by atoms with Gasteiger partial charge in [0.15, 0.2) is 0 Å². The highest BCUT2D eigenvalue weighted by molar-refractivity contribution is 4.64. The molecule has 0 saturated carbocycles. The monoisotopic (exact) mass is 204 g/mol. The van der Waals surface area contributed by atoms with Gasteiger partial charge >= 0.3 is 0 Å². The third-order valence-corrected chi connectivity index (χ3v) is 2.23. The quantitative estimate of drug-likeness (QED) is 0.390. The molecule has 4 heteroatoms. The Balaban J connectivity index is 3.19. The first-order chi connectivity index (χ1) is 6.70. The second-order valence-corrected chi connectivity index (χ2v) is 3.73. The number of rotatable bonds is 9. The van der Waals surface area contributed by atoms with Crippen LogP contribution in [0.4, 0.5) is 0 Å². The van der Waals surface area contributed by atoms with Crippen LogP contribution in [0.2, 0.25) is 0 Å². The molecule has 0 aliphatic heterocycles. The van der Waals surface area contributed by atoms with E-state index in [2.05, 4.69) is 24.5 Å². The lowest BCUT2D eigenvalue weighted by molar-refractivity contribution is 0.263. The van der Waals surface area contributed by atoms with E-state index in [0.717, 1.165) is 25.9 Å². The Bertz CT molecular complexity index is 109. The summed E-state index contributed by atoms with van der Waals surface area (Å²) >= 11 is 0. The zero-order valence-corrected chi connectivity index (χ0v) is 9.29. The van der Waals surface area contributed by atoms with Crippen molar-refractivity contribution < 1.29 is 10.2 Å². The predicted octanol–water partition coefficient (Wildman–Crippen LogP) is -0.293. The second kappa shape index (κ2) is 9.40. The lowest BCUT2D eigenvalue weighted by Crippen LogP contribution is -2.37. The molecule has 0 rings (SSSR count). The Hall–Kier alpha value is -0.160. The van der Waals surface area contributed by atoms with Crippen LogP contribution >= 0.6 is 0 Å². The summed E-state index contributed by atoms with van der Waals surface area (Å²) in [6, 6.07) is 0.741. The van der Waals surface area contributed by atoms with Crippen LogP contribution in [0.5, 0.6) is 0 Å². The molecule has 0 bridgehead atoms. The first-order valence-electron chi connectivity index (χ1n) is 5.39. The van der Waals surface area contributed by atoms with Crippen LogP contribution in [0.15, 0.2) is 0 Å². The van der Waals surface area contributed by atoms with Gasteiger partial charge in [-0.05, 0) is 26.7 Å². The Labute approximate surface area is 86.7 Å². The molecule has 86 valence electrons. The maximum absolute atomic E-state index is 8.67. The smallest absolute Gasteiger partial charge is 0.0445 e. The third-order valence-electron chi connectivity index (χ3n) is 2.23. The standard InChI is InChI=1S/C10H24N2O2/c1-9(3-7-13)11-5-6-12-10(2)4-8-14/h9-14H,3-8H2,1-2H3. The summed E-state index contributed by atoms with van der Waals surface area (Å²) in [6.45, 7) is 6.40. The van der Waals surface area contributed by atoms with Crippen molar-refractivity contribution in [3.8, 4) is 0 Å². The average molecular weight is 204 g/mol. The summed E-state index contributed by atoms with van der Waals surface area (Å²) in [6.07, 6.45) is 1.60. The zero-order valence-electron chi connectivity index (χ0n) is 9.29. The molecule has 14 heavy (non-hydrogen) atoms. The van der Waals surface area contributed by atoms with Gasteiger partial charge in [-0.2, -0.15) is 0 Å². The zero-order chi connectivity index (χ0) is 10.8. The van der Waals surface area contributed by atoms with Gasteiger partial charge in [0, 0.05) is 38.4 Å². The molecule has 0 aliphatic rings. The minimum atomic E-state index is 0.239. The Morgan fingerprint density at radius 1 is 0.857 bits per heavy atom. The number of aliphatic hydroxyl groups excluding tert-OH is 2. The molecule has 0 radical (unpaired) electrons. The highest BCUT2D eigenvalue weighted by Crippen LogP contribution is 1.88. The van der Waals surface area contributed by atoms with Gasteiger partial charge < -0.3 is 20.8 Å². The second-order valence-electron chi connectivity index (χ2n) is 3.73. The van der Waals surface area contributed by atoms with Gasteiger partial charge in [-0.15, -0.1) is 0 Å². The lowest BCUT2D eigenvalue weighted by atomic mass is 10.2. The molecule has 0 aromatic carbocycles. The Morgan fingerprint density at radius 2 is 1.21 bits per heavy atom. The fourth-order valence-corrected chi connectivity index (χ4v) is 1.23. The molecule has 0 saturated heterocycles. The SMILES string of the molecule is CC(CCO)NCCNC(C)CCO. The molecule has 4 nitrogen and oxygen atoms in total. The van der Waals surface area contributed by atoms with Gasteiger partial charge in [0.05, 0.1) is 0 Å². The van der Waals surface area contributed by atoms with Crippen molar-refractivity contribution in [2.24, 2.45) is 0 Å². The normalized spacial score (nSPS) is 15.4. The fourth-order valence-electron chi connectivity index (χ4n) is 1.23. The van der Waals surface area contributed by atoms with Gasteiger partial charge in [0.2, 0.25) is 0 Å². The molecule has 0 aliphatic carbocycles. The van der Waals surface area contributed by atoms with Crippen molar-refractivity contribution in [1.82, 2.24) is 10.6 Å². The number of nitrogens with one attached hydrogen (secondary N) is 2. The van der Waals surface area contributed by atoms with Crippen LogP contribution in [-0.2, 0) is 0 Å². The van der Waals surface area contributed by atoms with E-state index in [-0.39, 0.29) is 13.2 Å². The minimum Gasteiger partial charge on any atom is -0.396 e. The van der Waals surface area contributed by atoms with E-state index in [4.69, 9.17) is 10.2 Å². The molecule has 0 heterocycles. The van der Waals surface area contributed by atoms with E-state index in [9.17, 15) is 0 Å². The lowest BCUT2D eigenvalue weighted by Gasteiger charge is -2.15. The van der Waals surface area contributed by atoms with Gasteiger partial charge in [-0.1, -0.05) is 0 Å². The van der Waals surface area contributed by atoms with Crippen molar-refractivity contribution in [2.75, 3.05) is 26.3 Å². The van der Waals surface area contributed by atoms with Crippen molar-refractivity contribution in [2.45, 2.75) is 38.8 Å². The summed E-state index contributed by atoms with van der Waals surface area (Å²) in [7, 11) is 0. The van der Waals surface area contributed by atoms with Gasteiger partial charge in [0.25, 0.3) is 0 Å². The molecular weight excluding hydrogens is 180 g/mol. The van der Waals surface area contributed by atoms with Crippen LogP contribution < -0.4 is 10.6 Å². The molecule has 2 unspecified atom stereocenters. The van der Waals surface area contributed by atoms with Crippen molar-refractivity contribution in [3.05, 3.63) is 0 Å². The van der Waals surface area contributed by atoms with Crippen LogP contribution in [0.25, 0.3) is 0 Å². The first kappa shape index (κ1) is 13.8. The summed E-state index contributed by atoms with van der Waals surface area (Å²) in [5, 5.41) is 23.9. The van der Waals surface area contributed by atoms with Crippen molar-refractivity contribution in [3.63, 3.8) is 0 Å². The largest absolute Gasteiger partial charge is 0.396 e. The van der Waals surface area contributed by atoms with E-state index in [0.29, 0.717) is 12.1 Å². The molecule has 0 aromatic rings. The van der Waals surface area contributed by atoms with E-state index >= 15 is 0 Å². The first-order valence-corrected chi connectivity index (χ1v) is 5.39. The summed E-state index contributed by atoms with van der Waals surface area (Å²) in [5.41, 5.74) is 0. The van der Waals surface area contributed by atoms with Crippen molar-refractivity contribution in [1.29, 1.82) is 0 Å². The third kappa shape index (κ3) is 8.44. The van der Waals surface area contributed by atoms with E-state index in [1.807, 2.05) is 0 Å². The molecule has 0 aromatic heterocycles. The van der Waals surface area contributed by atoms with Crippen LogP contribution in [-0.4, -0.2) is 48.6 Å². The van der Waals surface area contributed by atoms with Gasteiger partial charge in [-0.25, -0.2) is 0 Å². The number of hydrogen-bond acceptors (Lipinski definition) is 4. The molecule has 2 atom stereocenters. The number of hydrogen-bond donors (Lipinski definition) is 4. The van der Waals surface area contributed by atoms with Crippen molar-refractivity contribution >= 4 is 0 Å². The van der Waals surface area contributed by atoms with E-state index < -0.39 is 0 Å². The summed E-state index contributed by atoms with van der Waals surface area (Å²) in [4.78, 5) is 0. The van der Waals surface area contributed by atoms with E-state index in [1.54, 1.807) is 0 Å². The molecule has 4 N–H and O–H groups in total. The predicted molar refractivity (Wildman–Crippen MR) is 58.3 cm³/mol. The van der Waals surface area contributed by atoms with Crippen LogP contribution in [0.1, 0.15) is 26.7 Å². The highest BCUT2D eigenvalue weighted by Gasteiger charge is 2.01. The van der Waals surface area contributed by atoms with Gasteiger partial charge in [-0.3, -0.25) is 0 Å². The maximum atomic E-state index is 8.67. The Morgan fingerprint density at radius 3 is 1.50 bits per heavy atom. The molecule has 0 amide bonds. The summed E-state index contributed by atoms with van der Waals surface area (Å²) < 4.78 is 0. The van der Waals surface area contributed by atoms with E-state index in [1.165, 1.54) is 0 Å². The maximum Gasteiger partial charge on any atom is 0.0445 e. The fraction of sp³-hybridized carbons (Fsp3) is 1.00. The van der Waals surface area contributed by atoms with Crippen LogP contribution in [0, 0.1) is 0 Å². The summed E-state index contributed by atoms with van der Waals surface area (Å²) in [5.74, 6) is 0. The topological polar surface area (TPSA) is 64.5 Å². The Kier molecular flexibility index (Phi) is 9.29. The van der Waals surface area contributed by atoms with Gasteiger partial charge in [0.1, 0.15) is 0 Å². The molecular formula is C10H24N2O2. The minimum absolute atomic E-state index is 0.239. The highest BCUT2D eigenvalue weighted by atomic mass is 16.3. The van der Waals surface area contributed by atoms with Crippen LogP contribution in [0.3, 0.4) is 0 Å². The number of aliphatic hydroxyl groups is 2.